The average molecular weight is 285 g/mol. The number of hydrogen-bond acceptors (Lipinski definition) is 6. The summed E-state index contributed by atoms with van der Waals surface area (Å²) in [5.41, 5.74) is 0.171. The van der Waals surface area contributed by atoms with Gasteiger partial charge in [-0.05, 0) is 6.07 Å². The van der Waals surface area contributed by atoms with Crippen LogP contribution in [-0.4, -0.2) is 57.5 Å². The van der Waals surface area contributed by atoms with Crippen LogP contribution in [0.2, 0.25) is 0 Å². The van der Waals surface area contributed by atoms with Gasteiger partial charge in [0.1, 0.15) is 5.75 Å². The number of methoxy groups -OCH3 is 1. The van der Waals surface area contributed by atoms with Crippen molar-refractivity contribution < 1.29 is 34.8 Å². The van der Waals surface area contributed by atoms with E-state index in [1.165, 1.54) is 19.2 Å². The molecule has 1 rings (SSSR count). The molecule has 0 spiro atoms. The highest BCUT2D eigenvalue weighted by molar-refractivity contribution is 5.72. The molecular formula is C12H15NO7. The lowest BCUT2D eigenvalue weighted by Crippen LogP contribution is -2.34. The van der Waals surface area contributed by atoms with Gasteiger partial charge < -0.3 is 25.2 Å². The van der Waals surface area contributed by atoms with E-state index < -0.39 is 36.5 Å². The Balaban J connectivity index is 3.00. The third-order valence-corrected chi connectivity index (χ3v) is 2.49. The standard InChI is InChI=1S/C12H15NO7/c1-20-8-2-7(12(19)9(14)3-8)4-13(5-10(15)16)6-11(17)18/h2-3,14,19H,4-6H2,1H3,(H,15,16)(H,17,18). The molecule has 0 unspecified atom stereocenters. The Morgan fingerprint density at radius 3 is 2.15 bits per heavy atom. The molecule has 4 N–H and O–H groups in total. The van der Waals surface area contributed by atoms with E-state index in [9.17, 15) is 19.8 Å². The van der Waals surface area contributed by atoms with Gasteiger partial charge in [0, 0.05) is 18.2 Å². The van der Waals surface area contributed by atoms with E-state index >= 15 is 0 Å². The Kier molecular flexibility index (Phi) is 5.15. The number of nitrogens with zero attached hydrogens (tertiary/aromatic N) is 1. The monoisotopic (exact) mass is 285 g/mol. The van der Waals surface area contributed by atoms with E-state index in [0.717, 1.165) is 4.90 Å². The Morgan fingerprint density at radius 1 is 1.15 bits per heavy atom. The summed E-state index contributed by atoms with van der Waals surface area (Å²) in [6.07, 6.45) is 0. The molecule has 0 fully saturated rings. The Hall–Kier alpha value is -2.48. The van der Waals surface area contributed by atoms with E-state index in [2.05, 4.69) is 0 Å². The normalized spacial score (nSPS) is 10.5. The van der Waals surface area contributed by atoms with Crippen LogP contribution < -0.4 is 4.74 Å². The zero-order chi connectivity index (χ0) is 15.3. The summed E-state index contributed by atoms with van der Waals surface area (Å²) in [5.74, 6) is -2.99. The van der Waals surface area contributed by atoms with Crippen LogP contribution in [0.3, 0.4) is 0 Å². The van der Waals surface area contributed by atoms with Crippen molar-refractivity contribution in [1.82, 2.24) is 4.90 Å². The SMILES string of the molecule is COc1cc(O)c(O)c(CN(CC(=O)O)CC(=O)O)c1. The molecule has 0 heterocycles. The first kappa shape index (κ1) is 15.6. The predicted molar refractivity (Wildman–Crippen MR) is 66.9 cm³/mol. The number of phenols is 2. The summed E-state index contributed by atoms with van der Waals surface area (Å²) in [7, 11) is 1.36. The summed E-state index contributed by atoms with van der Waals surface area (Å²) >= 11 is 0. The van der Waals surface area contributed by atoms with E-state index in [-0.39, 0.29) is 17.9 Å². The van der Waals surface area contributed by atoms with Crippen molar-refractivity contribution in [2.75, 3.05) is 20.2 Å². The van der Waals surface area contributed by atoms with Crippen LogP contribution >= 0.6 is 0 Å². The van der Waals surface area contributed by atoms with Crippen molar-refractivity contribution in [2.24, 2.45) is 0 Å². The zero-order valence-corrected chi connectivity index (χ0v) is 10.7. The van der Waals surface area contributed by atoms with Crippen molar-refractivity contribution in [3.8, 4) is 17.2 Å². The van der Waals surface area contributed by atoms with Crippen LogP contribution in [0.1, 0.15) is 5.56 Å². The van der Waals surface area contributed by atoms with Gasteiger partial charge in [0.15, 0.2) is 11.5 Å². The molecule has 1 aromatic rings. The third-order valence-electron chi connectivity index (χ3n) is 2.49. The summed E-state index contributed by atoms with van der Waals surface area (Å²) in [4.78, 5) is 22.5. The van der Waals surface area contributed by atoms with Gasteiger partial charge in [0.2, 0.25) is 0 Å². The summed E-state index contributed by atoms with van der Waals surface area (Å²) in [6, 6.07) is 2.59. The molecule has 0 bridgehead atoms. The highest BCUT2D eigenvalue weighted by Crippen LogP contribution is 2.34. The first-order valence-corrected chi connectivity index (χ1v) is 5.58. The van der Waals surface area contributed by atoms with Crippen molar-refractivity contribution in [3.05, 3.63) is 17.7 Å². The van der Waals surface area contributed by atoms with Gasteiger partial charge in [-0.15, -0.1) is 0 Å². The van der Waals surface area contributed by atoms with Crippen molar-refractivity contribution >= 4 is 11.9 Å². The number of hydrogen-bond donors (Lipinski definition) is 4. The topological polar surface area (TPSA) is 128 Å². The van der Waals surface area contributed by atoms with Gasteiger partial charge in [-0.25, -0.2) is 0 Å². The second-order valence-corrected chi connectivity index (χ2v) is 4.09. The second-order valence-electron chi connectivity index (χ2n) is 4.09. The summed E-state index contributed by atoms with van der Waals surface area (Å²) in [5, 5.41) is 36.7. The lowest BCUT2D eigenvalue weighted by Gasteiger charge is -2.19. The van der Waals surface area contributed by atoms with Crippen molar-refractivity contribution in [3.63, 3.8) is 0 Å². The molecule has 20 heavy (non-hydrogen) atoms. The number of benzene rings is 1. The maximum Gasteiger partial charge on any atom is 0.317 e. The molecule has 8 nitrogen and oxygen atoms in total. The van der Waals surface area contributed by atoms with Gasteiger partial charge in [-0.1, -0.05) is 0 Å². The molecular weight excluding hydrogens is 270 g/mol. The number of ether oxygens (including phenoxy) is 1. The Bertz CT molecular complexity index is 499. The van der Waals surface area contributed by atoms with Crippen LogP contribution in [0.25, 0.3) is 0 Å². The Labute approximate surface area is 114 Å². The smallest absolute Gasteiger partial charge is 0.317 e. The van der Waals surface area contributed by atoms with Crippen LogP contribution in [0.4, 0.5) is 0 Å². The van der Waals surface area contributed by atoms with Gasteiger partial charge in [-0.3, -0.25) is 14.5 Å². The molecule has 0 saturated carbocycles. The minimum absolute atomic E-state index is 0.158. The van der Waals surface area contributed by atoms with Crippen LogP contribution in [0.5, 0.6) is 17.2 Å². The second kappa shape index (κ2) is 6.62. The van der Waals surface area contributed by atoms with Crippen LogP contribution in [-0.2, 0) is 16.1 Å². The number of carboxylic acids is 2. The van der Waals surface area contributed by atoms with Crippen molar-refractivity contribution in [1.29, 1.82) is 0 Å². The molecule has 0 saturated heterocycles. The highest BCUT2D eigenvalue weighted by Gasteiger charge is 2.18. The van der Waals surface area contributed by atoms with E-state index in [1.807, 2.05) is 0 Å². The van der Waals surface area contributed by atoms with E-state index in [4.69, 9.17) is 14.9 Å². The van der Waals surface area contributed by atoms with Gasteiger partial charge >= 0.3 is 11.9 Å². The largest absolute Gasteiger partial charge is 0.504 e. The first-order chi connectivity index (χ1) is 9.33. The fraction of sp³-hybridized carbons (Fsp3) is 0.333. The zero-order valence-electron chi connectivity index (χ0n) is 10.7. The fourth-order valence-electron chi connectivity index (χ4n) is 1.68. The summed E-state index contributed by atoms with van der Waals surface area (Å²) in [6.45, 7) is -1.18. The predicted octanol–water partition coefficient (Wildman–Crippen LogP) is 0.0776. The molecule has 0 atom stereocenters. The van der Waals surface area contributed by atoms with Crippen LogP contribution in [0.15, 0.2) is 12.1 Å². The van der Waals surface area contributed by atoms with Gasteiger partial charge in [0.05, 0.1) is 20.2 Å². The molecule has 8 heteroatoms. The van der Waals surface area contributed by atoms with E-state index in [0.29, 0.717) is 0 Å². The number of aromatic hydroxyl groups is 2. The fourth-order valence-corrected chi connectivity index (χ4v) is 1.68. The number of aliphatic carboxylic acids is 2. The number of rotatable bonds is 7. The molecule has 0 radical (unpaired) electrons. The summed E-state index contributed by atoms with van der Waals surface area (Å²) < 4.78 is 4.91. The third kappa shape index (κ3) is 4.32. The lowest BCUT2D eigenvalue weighted by atomic mass is 10.1. The molecule has 0 aliphatic carbocycles. The number of carbonyl (C=O) groups is 2. The van der Waals surface area contributed by atoms with E-state index in [1.54, 1.807) is 0 Å². The molecule has 1 aromatic carbocycles. The van der Waals surface area contributed by atoms with Gasteiger partial charge in [-0.2, -0.15) is 0 Å². The van der Waals surface area contributed by atoms with Crippen LogP contribution in [0, 0.1) is 0 Å². The molecule has 0 aromatic heterocycles. The van der Waals surface area contributed by atoms with Gasteiger partial charge in [0.25, 0.3) is 0 Å². The minimum Gasteiger partial charge on any atom is -0.504 e. The molecule has 0 aliphatic rings. The quantitative estimate of drug-likeness (QED) is 0.518. The molecule has 0 amide bonds. The van der Waals surface area contributed by atoms with Crippen molar-refractivity contribution in [2.45, 2.75) is 6.54 Å². The minimum atomic E-state index is -1.20. The molecule has 0 aliphatic heterocycles. The maximum absolute atomic E-state index is 10.7. The maximum atomic E-state index is 10.7. The number of phenolic OH excluding ortho intramolecular Hbond substituents is 2. The first-order valence-electron chi connectivity index (χ1n) is 5.58. The average Bonchev–Trinajstić information content (AvgIpc) is 2.32. The highest BCUT2D eigenvalue weighted by atomic mass is 16.5. The lowest BCUT2D eigenvalue weighted by molar-refractivity contribution is -0.142. The molecule has 110 valence electrons. The Morgan fingerprint density at radius 2 is 1.70 bits per heavy atom. The number of carboxylic acid groups (broad SMARTS) is 2.